The van der Waals surface area contributed by atoms with Crippen LogP contribution in [0.15, 0.2) is 0 Å². The number of nitrogens with two attached hydrogens (primary N) is 1. The molecule has 0 spiro atoms. The van der Waals surface area contributed by atoms with Crippen LogP contribution in [0.4, 0.5) is 17.8 Å². The van der Waals surface area contributed by atoms with Crippen molar-refractivity contribution in [2.45, 2.75) is 18.6 Å². The van der Waals surface area contributed by atoms with Crippen LogP contribution in [0.3, 0.4) is 0 Å². The predicted octanol–water partition coefficient (Wildman–Crippen LogP) is 0.777. The van der Waals surface area contributed by atoms with Gasteiger partial charge < -0.3 is 10.2 Å². The molecule has 0 bridgehead atoms. The molecule has 0 saturated carbocycles. The van der Waals surface area contributed by atoms with Gasteiger partial charge in [-0.15, -0.1) is 0 Å². The van der Waals surface area contributed by atoms with E-state index in [-0.39, 0.29) is 0 Å². The van der Waals surface area contributed by atoms with Gasteiger partial charge in [-0.25, -0.2) is 5.84 Å². The van der Waals surface area contributed by atoms with E-state index in [1.165, 1.54) is 0 Å². The van der Waals surface area contributed by atoms with Crippen molar-refractivity contribution in [2.24, 2.45) is 5.84 Å². The van der Waals surface area contributed by atoms with E-state index in [1.807, 2.05) is 25.9 Å². The van der Waals surface area contributed by atoms with Gasteiger partial charge in [0.15, 0.2) is 0 Å². The minimum Gasteiger partial charge on any atom is -0.354 e. The highest BCUT2D eigenvalue weighted by Crippen LogP contribution is 2.12. The van der Waals surface area contributed by atoms with Gasteiger partial charge >= 0.3 is 0 Å². The van der Waals surface area contributed by atoms with E-state index in [9.17, 15) is 0 Å². The molecule has 1 unspecified atom stereocenters. The van der Waals surface area contributed by atoms with Crippen LogP contribution in [-0.2, 0) is 0 Å². The molecule has 1 aromatic rings. The van der Waals surface area contributed by atoms with Gasteiger partial charge in [0.05, 0.1) is 0 Å². The maximum absolute atomic E-state index is 5.33. The number of aromatic nitrogens is 3. The molecule has 8 heteroatoms. The number of thioether (sulfide) groups is 1. The number of nitrogens with one attached hydrogen (secondary N) is 2. The van der Waals surface area contributed by atoms with Crippen LogP contribution in [0.25, 0.3) is 0 Å². The Kier molecular flexibility index (Phi) is 5.93. The van der Waals surface area contributed by atoms with Gasteiger partial charge in [0.1, 0.15) is 0 Å². The molecule has 1 rings (SSSR count). The minimum atomic E-state index is 0.356. The van der Waals surface area contributed by atoms with Crippen LogP contribution in [-0.4, -0.2) is 47.1 Å². The molecule has 0 amide bonds. The van der Waals surface area contributed by atoms with Crippen molar-refractivity contribution in [2.75, 3.05) is 42.5 Å². The average Bonchev–Trinajstić information content (AvgIpc) is 2.37. The number of hydrogen-bond acceptors (Lipinski definition) is 8. The SMILES string of the molecule is CSC(C)CCNc1nc(NN)nc(N(C)C)n1. The molecule has 0 fully saturated rings. The van der Waals surface area contributed by atoms with Gasteiger partial charge in [-0.2, -0.15) is 26.7 Å². The highest BCUT2D eigenvalue weighted by Gasteiger charge is 2.07. The van der Waals surface area contributed by atoms with E-state index >= 15 is 0 Å². The molecule has 1 aromatic heterocycles. The lowest BCUT2D eigenvalue weighted by Gasteiger charge is -2.13. The molecule has 7 nitrogen and oxygen atoms in total. The highest BCUT2D eigenvalue weighted by molar-refractivity contribution is 7.99. The van der Waals surface area contributed by atoms with Crippen molar-refractivity contribution in [1.29, 1.82) is 0 Å². The summed E-state index contributed by atoms with van der Waals surface area (Å²) in [6.45, 7) is 3.01. The quantitative estimate of drug-likeness (QED) is 0.495. The van der Waals surface area contributed by atoms with Crippen LogP contribution in [0.2, 0.25) is 0 Å². The highest BCUT2D eigenvalue weighted by atomic mass is 32.2. The number of anilines is 3. The number of hydrogen-bond donors (Lipinski definition) is 3. The third-order valence-electron chi connectivity index (χ3n) is 2.39. The topological polar surface area (TPSA) is 92.0 Å². The maximum atomic E-state index is 5.33. The zero-order valence-corrected chi connectivity index (χ0v) is 12.1. The Bertz CT molecular complexity index is 371. The van der Waals surface area contributed by atoms with Crippen LogP contribution >= 0.6 is 11.8 Å². The van der Waals surface area contributed by atoms with Crippen molar-refractivity contribution in [3.05, 3.63) is 0 Å². The van der Waals surface area contributed by atoms with Crippen molar-refractivity contribution in [3.63, 3.8) is 0 Å². The van der Waals surface area contributed by atoms with E-state index in [4.69, 9.17) is 5.84 Å². The Morgan fingerprint density at radius 2 is 1.94 bits per heavy atom. The first-order valence-electron chi connectivity index (χ1n) is 5.73. The Morgan fingerprint density at radius 1 is 1.28 bits per heavy atom. The lowest BCUT2D eigenvalue weighted by atomic mass is 10.3. The third kappa shape index (κ3) is 4.53. The summed E-state index contributed by atoms with van der Waals surface area (Å²) in [4.78, 5) is 14.4. The second kappa shape index (κ2) is 7.22. The third-order valence-corrected chi connectivity index (χ3v) is 3.43. The molecular weight excluding hydrogens is 250 g/mol. The molecular formula is C10H21N7S. The monoisotopic (exact) mass is 271 g/mol. The summed E-state index contributed by atoms with van der Waals surface area (Å²) in [6, 6.07) is 0. The Morgan fingerprint density at radius 3 is 2.50 bits per heavy atom. The largest absolute Gasteiger partial charge is 0.354 e. The molecule has 102 valence electrons. The standard InChI is InChI=1S/C10H21N7S/c1-7(18-4)5-6-12-8-13-9(16-11)15-10(14-8)17(2)3/h7H,5-6,11H2,1-4H3,(H2,12,13,14,15,16). The van der Waals surface area contributed by atoms with E-state index in [1.54, 1.807) is 4.90 Å². The molecule has 0 saturated heterocycles. The first kappa shape index (κ1) is 14.8. The fourth-order valence-electron chi connectivity index (χ4n) is 1.21. The van der Waals surface area contributed by atoms with Crippen LogP contribution in [0, 0.1) is 0 Å². The smallest absolute Gasteiger partial charge is 0.243 e. The first-order chi connectivity index (χ1) is 8.56. The fraction of sp³-hybridized carbons (Fsp3) is 0.700. The second-order valence-corrected chi connectivity index (χ2v) is 5.36. The number of nitrogen functional groups attached to an aromatic ring is 1. The maximum Gasteiger partial charge on any atom is 0.243 e. The summed E-state index contributed by atoms with van der Waals surface area (Å²) < 4.78 is 0. The second-order valence-electron chi connectivity index (χ2n) is 4.08. The van der Waals surface area contributed by atoms with Gasteiger partial charge in [0.25, 0.3) is 0 Å². The van der Waals surface area contributed by atoms with Gasteiger partial charge in [-0.3, -0.25) is 5.43 Å². The van der Waals surface area contributed by atoms with Gasteiger partial charge in [-0.05, 0) is 12.7 Å². The lowest BCUT2D eigenvalue weighted by Crippen LogP contribution is -2.19. The summed E-state index contributed by atoms with van der Waals surface area (Å²) in [5.41, 5.74) is 2.44. The molecule has 1 atom stereocenters. The van der Waals surface area contributed by atoms with Gasteiger partial charge in [-0.1, -0.05) is 6.92 Å². The molecule has 1 heterocycles. The molecule has 0 aliphatic heterocycles. The zero-order chi connectivity index (χ0) is 13.5. The Hall–Kier alpha value is -1.28. The van der Waals surface area contributed by atoms with E-state index < -0.39 is 0 Å². The van der Waals surface area contributed by atoms with E-state index in [0.29, 0.717) is 23.1 Å². The Labute approximate surface area is 112 Å². The van der Waals surface area contributed by atoms with Gasteiger partial charge in [0, 0.05) is 25.9 Å². The summed E-state index contributed by atoms with van der Waals surface area (Å²) in [5.74, 6) is 6.79. The summed E-state index contributed by atoms with van der Waals surface area (Å²) in [5, 5.41) is 3.79. The van der Waals surface area contributed by atoms with Crippen LogP contribution in [0.1, 0.15) is 13.3 Å². The van der Waals surface area contributed by atoms with Crippen molar-refractivity contribution in [1.82, 2.24) is 15.0 Å². The zero-order valence-electron chi connectivity index (χ0n) is 11.3. The molecule has 4 N–H and O–H groups in total. The predicted molar refractivity (Wildman–Crippen MR) is 78.0 cm³/mol. The first-order valence-corrected chi connectivity index (χ1v) is 7.02. The molecule has 0 aliphatic rings. The number of nitrogens with zero attached hydrogens (tertiary/aromatic N) is 4. The summed E-state index contributed by atoms with van der Waals surface area (Å²) in [6.07, 6.45) is 3.16. The van der Waals surface area contributed by atoms with E-state index in [0.717, 1.165) is 13.0 Å². The summed E-state index contributed by atoms with van der Waals surface area (Å²) >= 11 is 1.84. The molecule has 0 radical (unpaired) electrons. The lowest BCUT2D eigenvalue weighted by molar-refractivity contribution is 0.839. The van der Waals surface area contributed by atoms with Crippen molar-refractivity contribution in [3.8, 4) is 0 Å². The molecule has 18 heavy (non-hydrogen) atoms. The summed E-state index contributed by atoms with van der Waals surface area (Å²) in [7, 11) is 3.74. The fourth-order valence-corrected chi connectivity index (χ4v) is 1.57. The number of rotatable bonds is 7. The van der Waals surface area contributed by atoms with Crippen molar-refractivity contribution >= 4 is 29.6 Å². The average molecular weight is 271 g/mol. The Balaban J connectivity index is 2.66. The van der Waals surface area contributed by atoms with Crippen LogP contribution < -0.4 is 21.5 Å². The molecule has 0 aliphatic carbocycles. The molecule has 0 aromatic carbocycles. The minimum absolute atomic E-state index is 0.356. The van der Waals surface area contributed by atoms with Crippen LogP contribution in [0.5, 0.6) is 0 Å². The normalized spacial score (nSPS) is 12.1. The number of hydrazine groups is 1. The van der Waals surface area contributed by atoms with E-state index in [2.05, 4.69) is 38.9 Å². The van der Waals surface area contributed by atoms with Crippen molar-refractivity contribution < 1.29 is 0 Å². The van der Waals surface area contributed by atoms with Gasteiger partial charge in [0.2, 0.25) is 17.8 Å².